The second-order valence-electron chi connectivity index (χ2n) is 2.90. The normalized spacial score (nSPS) is 36.9. The predicted molar refractivity (Wildman–Crippen MR) is 43.8 cm³/mol. The van der Waals surface area contributed by atoms with Gasteiger partial charge in [0.2, 0.25) is 0 Å². The monoisotopic (exact) mass is 173 g/mol. The first kappa shape index (κ1) is 7.28. The maximum atomic E-state index is 10.7. The molecule has 0 aromatic heterocycles. The fourth-order valence-electron chi connectivity index (χ4n) is 1.52. The number of cyclic esters (lactones) is 1. The van der Waals surface area contributed by atoms with Gasteiger partial charge >= 0.3 is 6.09 Å². The largest absolute Gasteiger partial charge is 0.447 e. The van der Waals surface area contributed by atoms with E-state index < -0.39 is 0 Å². The van der Waals surface area contributed by atoms with Crippen LogP contribution in [-0.4, -0.2) is 29.7 Å². The lowest BCUT2D eigenvalue weighted by molar-refractivity contribution is 0.176. The summed E-state index contributed by atoms with van der Waals surface area (Å²) in [6.07, 6.45) is 2.25. The number of nitrogens with one attached hydrogen (secondary N) is 1. The van der Waals surface area contributed by atoms with Crippen molar-refractivity contribution in [2.45, 2.75) is 24.1 Å². The zero-order chi connectivity index (χ0) is 7.68. The highest BCUT2D eigenvalue weighted by atomic mass is 32.2. The molecule has 2 saturated heterocycles. The molecule has 0 aromatic rings. The van der Waals surface area contributed by atoms with Crippen LogP contribution in [0, 0.1) is 0 Å². The predicted octanol–water partition coefficient (Wildman–Crippen LogP) is 0.990. The zero-order valence-corrected chi connectivity index (χ0v) is 7.02. The van der Waals surface area contributed by atoms with Crippen molar-refractivity contribution in [1.82, 2.24) is 5.32 Å². The van der Waals surface area contributed by atoms with Gasteiger partial charge < -0.3 is 10.1 Å². The fraction of sp³-hybridized carbons (Fsp3) is 0.857. The number of amides is 1. The summed E-state index contributed by atoms with van der Waals surface area (Å²) in [5.41, 5.74) is 0. The van der Waals surface area contributed by atoms with E-state index in [1.165, 1.54) is 18.6 Å². The Kier molecular flexibility index (Phi) is 1.94. The molecule has 2 fully saturated rings. The molecule has 0 aliphatic carbocycles. The van der Waals surface area contributed by atoms with Gasteiger partial charge in [-0.05, 0) is 18.6 Å². The third-order valence-corrected chi connectivity index (χ3v) is 3.63. The topological polar surface area (TPSA) is 38.3 Å². The van der Waals surface area contributed by atoms with Crippen molar-refractivity contribution >= 4 is 17.9 Å². The summed E-state index contributed by atoms with van der Waals surface area (Å²) in [7, 11) is 0. The maximum absolute atomic E-state index is 10.7. The smallest absolute Gasteiger partial charge is 0.407 e. The molecule has 2 unspecified atom stereocenters. The van der Waals surface area contributed by atoms with Crippen molar-refractivity contribution in [1.29, 1.82) is 0 Å². The summed E-state index contributed by atoms with van der Waals surface area (Å²) in [6, 6.07) is 0.273. The molecule has 0 saturated carbocycles. The highest BCUT2D eigenvalue weighted by Gasteiger charge is 2.32. The highest BCUT2D eigenvalue weighted by Crippen LogP contribution is 2.29. The number of alkyl carbamates (subject to hydrolysis) is 1. The van der Waals surface area contributed by atoms with Crippen LogP contribution in [0.15, 0.2) is 0 Å². The molecular formula is C7H11NO2S. The average molecular weight is 173 g/mol. The summed E-state index contributed by atoms with van der Waals surface area (Å²) in [5.74, 6) is 1.23. The average Bonchev–Trinajstić information content (AvgIpc) is 2.55. The van der Waals surface area contributed by atoms with E-state index in [4.69, 9.17) is 4.74 Å². The second-order valence-corrected chi connectivity index (χ2v) is 4.25. The summed E-state index contributed by atoms with van der Waals surface area (Å²) in [4.78, 5) is 10.7. The molecular weight excluding hydrogens is 162 g/mol. The molecule has 62 valence electrons. The van der Waals surface area contributed by atoms with E-state index >= 15 is 0 Å². The molecule has 3 nitrogen and oxygen atoms in total. The van der Waals surface area contributed by atoms with E-state index in [0.717, 1.165) is 0 Å². The lowest BCUT2D eigenvalue weighted by atomic mass is 10.1. The number of carbonyl (C=O) groups is 1. The van der Waals surface area contributed by atoms with Gasteiger partial charge in [0, 0.05) is 5.25 Å². The number of carbonyl (C=O) groups excluding carboxylic acids is 1. The standard InChI is InChI=1S/C7H11NO2S/c9-7-8-5(4-10-7)6-2-1-3-11-6/h5-6H,1-4H2,(H,8,9). The van der Waals surface area contributed by atoms with Crippen LogP contribution in [0.4, 0.5) is 4.79 Å². The van der Waals surface area contributed by atoms with Crippen molar-refractivity contribution in [2.75, 3.05) is 12.4 Å². The van der Waals surface area contributed by atoms with Gasteiger partial charge in [-0.1, -0.05) is 0 Å². The Morgan fingerprint density at radius 1 is 1.64 bits per heavy atom. The van der Waals surface area contributed by atoms with E-state index in [-0.39, 0.29) is 12.1 Å². The molecule has 0 spiro atoms. The van der Waals surface area contributed by atoms with Gasteiger partial charge in [0.1, 0.15) is 6.61 Å². The van der Waals surface area contributed by atoms with Gasteiger partial charge in [-0.15, -0.1) is 0 Å². The van der Waals surface area contributed by atoms with Crippen LogP contribution in [0.2, 0.25) is 0 Å². The van der Waals surface area contributed by atoms with Crippen molar-refractivity contribution < 1.29 is 9.53 Å². The Labute approximate surface area is 69.9 Å². The Morgan fingerprint density at radius 3 is 3.09 bits per heavy atom. The minimum atomic E-state index is -0.248. The fourth-order valence-corrected chi connectivity index (χ4v) is 2.87. The highest BCUT2D eigenvalue weighted by molar-refractivity contribution is 8.00. The molecule has 2 atom stereocenters. The first-order chi connectivity index (χ1) is 5.36. The van der Waals surface area contributed by atoms with Crippen molar-refractivity contribution in [3.8, 4) is 0 Å². The van der Waals surface area contributed by atoms with Crippen molar-refractivity contribution in [3.05, 3.63) is 0 Å². The van der Waals surface area contributed by atoms with E-state index in [1.807, 2.05) is 11.8 Å². The number of ether oxygens (including phenoxy) is 1. The lowest BCUT2D eigenvalue weighted by Gasteiger charge is -2.13. The van der Waals surface area contributed by atoms with E-state index in [9.17, 15) is 4.79 Å². The van der Waals surface area contributed by atoms with Crippen LogP contribution in [0.25, 0.3) is 0 Å². The maximum Gasteiger partial charge on any atom is 0.407 e. The number of thioether (sulfide) groups is 1. The molecule has 4 heteroatoms. The lowest BCUT2D eigenvalue weighted by Crippen LogP contribution is -2.34. The molecule has 11 heavy (non-hydrogen) atoms. The van der Waals surface area contributed by atoms with Crippen molar-refractivity contribution in [2.24, 2.45) is 0 Å². The first-order valence-electron chi connectivity index (χ1n) is 3.91. The summed E-state index contributed by atoms with van der Waals surface area (Å²) in [6.45, 7) is 0.566. The van der Waals surface area contributed by atoms with Crippen LogP contribution < -0.4 is 5.32 Å². The second kappa shape index (κ2) is 2.93. The third kappa shape index (κ3) is 1.45. The molecule has 1 amide bonds. The van der Waals surface area contributed by atoms with Gasteiger partial charge in [0.15, 0.2) is 0 Å². The number of hydrogen-bond donors (Lipinski definition) is 1. The molecule has 2 rings (SSSR count). The number of rotatable bonds is 1. The number of hydrogen-bond acceptors (Lipinski definition) is 3. The van der Waals surface area contributed by atoms with Crippen LogP contribution in [0.1, 0.15) is 12.8 Å². The minimum Gasteiger partial charge on any atom is -0.447 e. The first-order valence-corrected chi connectivity index (χ1v) is 4.96. The van der Waals surface area contributed by atoms with E-state index in [2.05, 4.69) is 5.32 Å². The van der Waals surface area contributed by atoms with Gasteiger partial charge in [0.05, 0.1) is 6.04 Å². The van der Waals surface area contributed by atoms with Crippen LogP contribution in [-0.2, 0) is 4.74 Å². The molecule has 2 aliphatic heterocycles. The minimum absolute atomic E-state index is 0.248. The van der Waals surface area contributed by atoms with Crippen LogP contribution in [0.3, 0.4) is 0 Å². The molecule has 1 N–H and O–H groups in total. The van der Waals surface area contributed by atoms with Gasteiger partial charge in [-0.3, -0.25) is 0 Å². The Morgan fingerprint density at radius 2 is 2.55 bits per heavy atom. The zero-order valence-electron chi connectivity index (χ0n) is 6.21. The summed E-state index contributed by atoms with van der Waals surface area (Å²) in [5, 5.41) is 3.41. The molecule has 0 radical (unpaired) electrons. The molecule has 0 bridgehead atoms. The molecule has 2 aliphatic rings. The van der Waals surface area contributed by atoms with E-state index in [0.29, 0.717) is 11.9 Å². The Hall–Kier alpha value is -0.380. The Bertz CT molecular complexity index is 168. The summed E-state index contributed by atoms with van der Waals surface area (Å²) < 4.78 is 4.81. The van der Waals surface area contributed by atoms with Crippen molar-refractivity contribution in [3.63, 3.8) is 0 Å². The molecule has 0 aromatic carbocycles. The van der Waals surface area contributed by atoms with Gasteiger partial charge in [-0.2, -0.15) is 11.8 Å². The van der Waals surface area contributed by atoms with Gasteiger partial charge in [-0.25, -0.2) is 4.79 Å². The van der Waals surface area contributed by atoms with Crippen LogP contribution in [0.5, 0.6) is 0 Å². The quantitative estimate of drug-likeness (QED) is 0.642. The molecule has 2 heterocycles. The van der Waals surface area contributed by atoms with E-state index in [1.54, 1.807) is 0 Å². The van der Waals surface area contributed by atoms with Crippen LogP contribution >= 0.6 is 11.8 Å². The van der Waals surface area contributed by atoms with Gasteiger partial charge in [0.25, 0.3) is 0 Å². The summed E-state index contributed by atoms with van der Waals surface area (Å²) >= 11 is 1.95. The SMILES string of the molecule is O=C1NC(C2CCCS2)CO1. The Balaban J connectivity index is 1.90. The third-order valence-electron chi connectivity index (χ3n) is 2.11.